The van der Waals surface area contributed by atoms with Gasteiger partial charge in [0.2, 0.25) is 5.91 Å². The Morgan fingerprint density at radius 3 is 2.32 bits per heavy atom. The molecule has 0 aromatic heterocycles. The molecule has 7 nitrogen and oxygen atoms in total. The smallest absolute Gasteiger partial charge is 0.329 e. The molecule has 3 amide bonds. The molecule has 0 spiro atoms. The Bertz CT molecular complexity index is 626. The lowest BCUT2D eigenvalue weighted by Gasteiger charge is -2.14. The third-order valence-corrected chi connectivity index (χ3v) is 4.20. The maximum atomic E-state index is 12.0. The molecular formula is C14H21N3O4S. The number of rotatable bonds is 6. The molecule has 1 aromatic rings. The van der Waals surface area contributed by atoms with E-state index in [0.29, 0.717) is 6.54 Å². The minimum Gasteiger partial charge on any atom is -0.354 e. The van der Waals surface area contributed by atoms with Gasteiger partial charge in [-0.3, -0.25) is 4.79 Å². The molecule has 1 aromatic carbocycles. The zero-order chi connectivity index (χ0) is 16.8. The number of carbonyl (C=O) groups is 2. The Labute approximate surface area is 130 Å². The first-order valence-electron chi connectivity index (χ1n) is 6.94. The molecule has 0 fully saturated rings. The third kappa shape index (κ3) is 5.36. The molecule has 0 saturated heterocycles. The quantitative estimate of drug-likeness (QED) is 0.722. The molecule has 1 atom stereocenters. The Kier molecular flexibility index (Phi) is 6.36. The Balaban J connectivity index is 2.64. The topological polar surface area (TPSA) is 104 Å². The zero-order valence-electron chi connectivity index (χ0n) is 12.8. The molecule has 122 valence electrons. The predicted molar refractivity (Wildman–Crippen MR) is 82.8 cm³/mol. The van der Waals surface area contributed by atoms with E-state index in [9.17, 15) is 18.0 Å². The molecule has 1 unspecified atom stereocenters. The summed E-state index contributed by atoms with van der Waals surface area (Å²) in [6, 6.07) is 4.30. The van der Waals surface area contributed by atoms with Gasteiger partial charge in [-0.25, -0.2) is 17.9 Å². The van der Waals surface area contributed by atoms with Crippen LogP contribution in [0.25, 0.3) is 0 Å². The van der Waals surface area contributed by atoms with Crippen molar-refractivity contribution in [3.8, 4) is 0 Å². The first-order valence-corrected chi connectivity index (χ1v) is 8.42. The fourth-order valence-electron chi connectivity index (χ4n) is 1.59. The summed E-state index contributed by atoms with van der Waals surface area (Å²) in [5.74, 6) is -0.371. The van der Waals surface area contributed by atoms with Crippen LogP contribution in [0, 0.1) is 6.92 Å². The summed E-state index contributed by atoms with van der Waals surface area (Å²) in [5, 5.41) is 4.89. The van der Waals surface area contributed by atoms with Gasteiger partial charge in [-0.2, -0.15) is 0 Å². The number of hydrogen-bond donors (Lipinski definition) is 3. The van der Waals surface area contributed by atoms with Gasteiger partial charge < -0.3 is 10.6 Å². The molecule has 0 radical (unpaired) electrons. The Morgan fingerprint density at radius 2 is 1.77 bits per heavy atom. The molecule has 0 aliphatic carbocycles. The van der Waals surface area contributed by atoms with Crippen LogP contribution in [0.2, 0.25) is 0 Å². The van der Waals surface area contributed by atoms with Crippen molar-refractivity contribution in [3.05, 3.63) is 29.8 Å². The largest absolute Gasteiger partial charge is 0.354 e. The van der Waals surface area contributed by atoms with E-state index < -0.39 is 22.1 Å². The summed E-state index contributed by atoms with van der Waals surface area (Å²) in [5.41, 5.74) is 0.907. The van der Waals surface area contributed by atoms with Crippen LogP contribution < -0.4 is 15.4 Å². The van der Waals surface area contributed by atoms with Crippen molar-refractivity contribution < 1.29 is 18.0 Å². The minimum atomic E-state index is -3.96. The average Bonchev–Trinajstić information content (AvgIpc) is 2.44. The van der Waals surface area contributed by atoms with Crippen LogP contribution in [0.3, 0.4) is 0 Å². The monoisotopic (exact) mass is 327 g/mol. The lowest BCUT2D eigenvalue weighted by molar-refractivity contribution is -0.122. The van der Waals surface area contributed by atoms with Crippen LogP contribution in [0.4, 0.5) is 4.79 Å². The van der Waals surface area contributed by atoms with Gasteiger partial charge in [0.05, 0.1) is 4.90 Å². The van der Waals surface area contributed by atoms with Crippen molar-refractivity contribution in [2.45, 2.75) is 38.1 Å². The summed E-state index contributed by atoms with van der Waals surface area (Å²) < 4.78 is 25.9. The predicted octanol–water partition coefficient (Wildman–Crippen LogP) is 0.898. The number of urea groups is 1. The lowest BCUT2D eigenvalue weighted by atomic mass is 10.2. The normalized spacial score (nSPS) is 12.3. The number of sulfonamides is 1. The number of benzene rings is 1. The highest BCUT2D eigenvalue weighted by Crippen LogP contribution is 2.09. The Hall–Kier alpha value is -2.09. The van der Waals surface area contributed by atoms with Crippen molar-refractivity contribution in [2.24, 2.45) is 0 Å². The molecule has 0 aliphatic rings. The fraction of sp³-hybridized carbons (Fsp3) is 0.429. The van der Waals surface area contributed by atoms with E-state index in [1.165, 1.54) is 19.1 Å². The maximum Gasteiger partial charge on any atom is 0.329 e. The van der Waals surface area contributed by atoms with Gasteiger partial charge in [-0.1, -0.05) is 24.6 Å². The highest BCUT2D eigenvalue weighted by Gasteiger charge is 2.20. The maximum absolute atomic E-state index is 12.0. The van der Waals surface area contributed by atoms with Crippen LogP contribution in [0.5, 0.6) is 0 Å². The summed E-state index contributed by atoms with van der Waals surface area (Å²) in [6.07, 6.45) is 0.770. The van der Waals surface area contributed by atoms with E-state index in [1.54, 1.807) is 12.1 Å². The number of amides is 3. The van der Waals surface area contributed by atoms with Crippen molar-refractivity contribution in [3.63, 3.8) is 0 Å². The van der Waals surface area contributed by atoms with E-state index in [0.717, 1.165) is 12.0 Å². The minimum absolute atomic E-state index is 0.0173. The van der Waals surface area contributed by atoms with Crippen LogP contribution in [-0.2, 0) is 14.8 Å². The van der Waals surface area contributed by atoms with Gasteiger partial charge in [0, 0.05) is 6.54 Å². The van der Waals surface area contributed by atoms with E-state index in [4.69, 9.17) is 0 Å². The average molecular weight is 327 g/mol. The first kappa shape index (κ1) is 18.0. The summed E-state index contributed by atoms with van der Waals surface area (Å²) >= 11 is 0. The molecule has 0 saturated carbocycles. The number of nitrogens with one attached hydrogen (secondary N) is 3. The van der Waals surface area contributed by atoms with Gasteiger partial charge >= 0.3 is 6.03 Å². The molecule has 3 N–H and O–H groups in total. The van der Waals surface area contributed by atoms with Gasteiger partial charge in [0.15, 0.2) is 0 Å². The van der Waals surface area contributed by atoms with Crippen molar-refractivity contribution in [1.82, 2.24) is 15.4 Å². The highest BCUT2D eigenvalue weighted by molar-refractivity contribution is 7.90. The van der Waals surface area contributed by atoms with Gasteiger partial charge in [-0.05, 0) is 32.4 Å². The second-order valence-electron chi connectivity index (χ2n) is 4.90. The molecule has 0 aliphatic heterocycles. The second-order valence-corrected chi connectivity index (χ2v) is 6.59. The molecular weight excluding hydrogens is 306 g/mol. The molecule has 0 bridgehead atoms. The van der Waals surface area contributed by atoms with E-state index in [2.05, 4.69) is 10.6 Å². The first-order chi connectivity index (χ1) is 10.3. The van der Waals surface area contributed by atoms with Gasteiger partial charge in [0.25, 0.3) is 10.0 Å². The number of hydrogen-bond acceptors (Lipinski definition) is 4. The summed E-state index contributed by atoms with van der Waals surface area (Å²) in [7, 11) is -3.96. The standard InChI is InChI=1S/C14H21N3O4S/c1-4-9-15-13(18)11(3)16-14(19)17-22(20,21)12-7-5-10(2)6-8-12/h5-8,11H,4,9H2,1-3H3,(H,15,18)(H2,16,17,19). The van der Waals surface area contributed by atoms with E-state index in [-0.39, 0.29) is 10.8 Å². The Morgan fingerprint density at radius 1 is 1.18 bits per heavy atom. The van der Waals surface area contributed by atoms with Crippen molar-refractivity contribution in [2.75, 3.05) is 6.54 Å². The van der Waals surface area contributed by atoms with Crippen LogP contribution >= 0.6 is 0 Å². The van der Waals surface area contributed by atoms with Crippen molar-refractivity contribution in [1.29, 1.82) is 0 Å². The van der Waals surface area contributed by atoms with Crippen molar-refractivity contribution >= 4 is 22.0 Å². The van der Waals surface area contributed by atoms with Crippen LogP contribution in [-0.4, -0.2) is 32.9 Å². The number of aryl methyl sites for hydroxylation is 1. The number of carbonyl (C=O) groups excluding carboxylic acids is 2. The van der Waals surface area contributed by atoms with Gasteiger partial charge in [-0.15, -0.1) is 0 Å². The SMILES string of the molecule is CCCNC(=O)C(C)NC(=O)NS(=O)(=O)c1ccc(C)cc1. The molecule has 0 heterocycles. The fourth-order valence-corrected chi connectivity index (χ4v) is 2.51. The summed E-state index contributed by atoms with van der Waals surface area (Å²) in [4.78, 5) is 23.3. The second kappa shape index (κ2) is 7.79. The highest BCUT2D eigenvalue weighted by atomic mass is 32.2. The molecule has 8 heteroatoms. The molecule has 22 heavy (non-hydrogen) atoms. The van der Waals surface area contributed by atoms with Crippen LogP contribution in [0.15, 0.2) is 29.2 Å². The zero-order valence-corrected chi connectivity index (χ0v) is 13.7. The van der Waals surface area contributed by atoms with E-state index in [1.807, 2.05) is 18.6 Å². The third-order valence-electron chi connectivity index (χ3n) is 2.85. The van der Waals surface area contributed by atoms with Gasteiger partial charge in [0.1, 0.15) is 6.04 Å². The van der Waals surface area contributed by atoms with Crippen LogP contribution in [0.1, 0.15) is 25.8 Å². The molecule has 1 rings (SSSR count). The summed E-state index contributed by atoms with van der Waals surface area (Å²) in [6.45, 7) is 5.70. The van der Waals surface area contributed by atoms with E-state index >= 15 is 0 Å². The lowest BCUT2D eigenvalue weighted by Crippen LogP contribution is -2.49.